The maximum absolute atomic E-state index is 13.1. The fraction of sp³-hybridized carbons (Fsp3) is 0.273. The van der Waals surface area contributed by atoms with Crippen LogP contribution in [0.5, 0.6) is 0 Å². The molecule has 4 rings (SSSR count). The van der Waals surface area contributed by atoms with Crippen LogP contribution in [0.3, 0.4) is 0 Å². The van der Waals surface area contributed by atoms with E-state index in [4.69, 9.17) is 22.3 Å². The van der Waals surface area contributed by atoms with Crippen LogP contribution < -0.4 is 5.90 Å². The van der Waals surface area contributed by atoms with Crippen molar-refractivity contribution in [1.29, 1.82) is 0 Å². The number of hydrogen-bond acceptors (Lipinski definition) is 4. The van der Waals surface area contributed by atoms with Gasteiger partial charge in [0.25, 0.3) is 0 Å². The number of carbonyl (C=O) groups is 2. The highest BCUT2D eigenvalue weighted by Gasteiger charge is 2.38. The number of rotatable bonds is 3. The lowest BCUT2D eigenvalue weighted by molar-refractivity contribution is 0.0856. The van der Waals surface area contributed by atoms with Gasteiger partial charge in [-0.1, -0.05) is 48.0 Å². The van der Waals surface area contributed by atoms with Gasteiger partial charge in [0.05, 0.1) is 5.57 Å². The van der Waals surface area contributed by atoms with E-state index in [1.165, 1.54) is 5.56 Å². The van der Waals surface area contributed by atoms with E-state index in [1.54, 1.807) is 24.3 Å². The Bertz CT molecular complexity index is 925. The summed E-state index contributed by atoms with van der Waals surface area (Å²) in [5.41, 5.74) is 2.51. The molecule has 2 aliphatic carbocycles. The van der Waals surface area contributed by atoms with Gasteiger partial charge in [0.2, 0.25) is 11.5 Å². The Morgan fingerprint density at radius 1 is 0.815 bits per heavy atom. The molecule has 138 valence electrons. The van der Waals surface area contributed by atoms with Crippen molar-refractivity contribution in [2.24, 2.45) is 11.8 Å². The third kappa shape index (κ3) is 3.20. The summed E-state index contributed by atoms with van der Waals surface area (Å²) < 4.78 is 0. The second kappa shape index (κ2) is 7.29. The van der Waals surface area contributed by atoms with Crippen LogP contribution in [0.4, 0.5) is 0 Å². The van der Waals surface area contributed by atoms with Crippen molar-refractivity contribution < 1.29 is 14.4 Å². The van der Waals surface area contributed by atoms with Crippen LogP contribution in [-0.2, 0) is 4.84 Å². The highest BCUT2D eigenvalue weighted by atomic mass is 35.5. The molecule has 0 radical (unpaired) electrons. The third-order valence-corrected chi connectivity index (χ3v) is 5.96. The summed E-state index contributed by atoms with van der Waals surface area (Å²) in [5, 5.41) is 0.729. The minimum absolute atomic E-state index is 0.00800. The fourth-order valence-electron chi connectivity index (χ4n) is 4.31. The first-order chi connectivity index (χ1) is 13.1. The van der Waals surface area contributed by atoms with Gasteiger partial charge in [-0.2, -0.15) is 5.90 Å². The molecule has 4 nitrogen and oxygen atoms in total. The Kier molecular flexibility index (Phi) is 4.85. The van der Waals surface area contributed by atoms with E-state index >= 15 is 0 Å². The summed E-state index contributed by atoms with van der Waals surface area (Å²) in [5.74, 6) is 5.38. The summed E-state index contributed by atoms with van der Waals surface area (Å²) in [6.45, 7) is 0. The summed E-state index contributed by atoms with van der Waals surface area (Å²) in [6, 6.07) is 14.8. The van der Waals surface area contributed by atoms with E-state index < -0.39 is 0 Å². The number of carbonyl (C=O) groups excluding carboxylic acids is 2. The molecule has 5 heteroatoms. The number of hydrogen-bond donors (Lipinski definition) is 1. The van der Waals surface area contributed by atoms with Gasteiger partial charge in [-0.15, -0.1) is 0 Å². The van der Waals surface area contributed by atoms with Gasteiger partial charge < -0.3 is 4.84 Å². The highest BCUT2D eigenvalue weighted by Crippen LogP contribution is 2.42. The zero-order chi connectivity index (χ0) is 19.0. The average molecular weight is 382 g/mol. The zero-order valence-electron chi connectivity index (χ0n) is 14.8. The van der Waals surface area contributed by atoms with E-state index in [2.05, 4.69) is 12.1 Å². The van der Waals surface area contributed by atoms with Gasteiger partial charge >= 0.3 is 0 Å². The van der Waals surface area contributed by atoms with Crippen LogP contribution in [0.15, 0.2) is 59.9 Å². The van der Waals surface area contributed by atoms with Crippen LogP contribution in [0.1, 0.15) is 57.9 Å². The number of Topliss-reactive ketones (excluding diaryl/α,β-unsaturated/α-hetero) is 2. The van der Waals surface area contributed by atoms with Gasteiger partial charge in [-0.25, -0.2) is 0 Å². The average Bonchev–Trinajstić information content (AvgIpc) is 2.71. The van der Waals surface area contributed by atoms with Crippen LogP contribution >= 0.6 is 11.6 Å². The SMILES string of the molecule is NOC1=C(C2CCC(c3ccc(Cl)cc3)CC2)C(=O)c2ccccc2C1=O. The smallest absolute Gasteiger partial charge is 0.231 e. The Labute approximate surface area is 162 Å². The summed E-state index contributed by atoms with van der Waals surface area (Å²) in [7, 11) is 0. The number of allylic oxidation sites excluding steroid dienone is 2. The van der Waals surface area contributed by atoms with Crippen molar-refractivity contribution in [3.05, 3.63) is 81.6 Å². The molecule has 2 aromatic rings. The van der Waals surface area contributed by atoms with Gasteiger partial charge in [-0.3, -0.25) is 9.59 Å². The summed E-state index contributed by atoms with van der Waals surface area (Å²) >= 11 is 5.98. The molecule has 0 saturated heterocycles. The van der Waals surface area contributed by atoms with Gasteiger partial charge in [0.15, 0.2) is 5.78 Å². The molecule has 0 bridgehead atoms. The lowest BCUT2D eigenvalue weighted by Gasteiger charge is -2.32. The molecule has 27 heavy (non-hydrogen) atoms. The molecular weight excluding hydrogens is 362 g/mol. The van der Waals surface area contributed by atoms with Crippen molar-refractivity contribution in [2.45, 2.75) is 31.6 Å². The topological polar surface area (TPSA) is 69.4 Å². The Morgan fingerprint density at radius 3 is 1.96 bits per heavy atom. The van der Waals surface area contributed by atoms with Crippen molar-refractivity contribution >= 4 is 23.2 Å². The number of halogens is 1. The maximum Gasteiger partial charge on any atom is 0.231 e. The molecule has 0 aliphatic heterocycles. The minimum Gasteiger partial charge on any atom is -0.407 e. The molecule has 1 fully saturated rings. The zero-order valence-corrected chi connectivity index (χ0v) is 15.5. The minimum atomic E-state index is -0.303. The normalized spacial score (nSPS) is 22.6. The van der Waals surface area contributed by atoms with Gasteiger partial charge in [-0.05, 0) is 55.2 Å². The predicted molar refractivity (Wildman–Crippen MR) is 104 cm³/mol. The molecule has 1 saturated carbocycles. The second-order valence-electron chi connectivity index (χ2n) is 7.16. The third-order valence-electron chi connectivity index (χ3n) is 5.71. The Hall–Kier alpha value is -2.43. The summed E-state index contributed by atoms with van der Waals surface area (Å²) in [4.78, 5) is 30.7. The van der Waals surface area contributed by atoms with Gasteiger partial charge in [0.1, 0.15) is 0 Å². The first-order valence-electron chi connectivity index (χ1n) is 9.15. The highest BCUT2D eigenvalue weighted by molar-refractivity contribution is 6.30. The molecule has 2 aliphatic rings. The molecule has 0 amide bonds. The van der Waals surface area contributed by atoms with E-state index in [0.717, 1.165) is 30.7 Å². The van der Waals surface area contributed by atoms with Crippen molar-refractivity contribution in [3.63, 3.8) is 0 Å². The van der Waals surface area contributed by atoms with Crippen LogP contribution in [-0.4, -0.2) is 11.6 Å². The Balaban J connectivity index is 1.59. The van der Waals surface area contributed by atoms with Crippen molar-refractivity contribution in [1.82, 2.24) is 0 Å². The molecule has 0 atom stereocenters. The first kappa shape index (κ1) is 18.0. The molecule has 0 unspecified atom stereocenters. The van der Waals surface area contributed by atoms with Crippen LogP contribution in [0.2, 0.25) is 5.02 Å². The molecular formula is C22H20ClNO3. The fourth-order valence-corrected chi connectivity index (χ4v) is 4.44. The van der Waals surface area contributed by atoms with E-state index in [1.807, 2.05) is 12.1 Å². The van der Waals surface area contributed by atoms with Gasteiger partial charge in [0, 0.05) is 16.1 Å². The van der Waals surface area contributed by atoms with Crippen molar-refractivity contribution in [3.8, 4) is 0 Å². The largest absolute Gasteiger partial charge is 0.407 e. The number of ketones is 2. The molecule has 0 spiro atoms. The lowest BCUT2D eigenvalue weighted by Crippen LogP contribution is -2.30. The van der Waals surface area contributed by atoms with Crippen molar-refractivity contribution in [2.75, 3.05) is 0 Å². The second-order valence-corrected chi connectivity index (χ2v) is 7.60. The maximum atomic E-state index is 13.1. The molecule has 0 aromatic heterocycles. The van der Waals surface area contributed by atoms with E-state index in [0.29, 0.717) is 22.6 Å². The quantitative estimate of drug-likeness (QED) is 0.772. The molecule has 0 heterocycles. The van der Waals surface area contributed by atoms with Crippen LogP contribution in [0.25, 0.3) is 0 Å². The number of benzene rings is 2. The number of nitrogens with two attached hydrogens (primary N) is 1. The standard InChI is InChI=1S/C22H20ClNO3/c23-16-11-9-14(10-12-16)13-5-7-15(8-6-13)19-20(25)17-3-1-2-4-18(17)21(26)22(19)27-24/h1-4,9-13,15H,5-8,24H2. The first-order valence-corrected chi connectivity index (χ1v) is 9.52. The number of fused-ring (bicyclic) bond motifs is 1. The molecule has 2 aromatic carbocycles. The monoisotopic (exact) mass is 381 g/mol. The van der Waals surface area contributed by atoms with E-state index in [-0.39, 0.29) is 23.2 Å². The predicted octanol–water partition coefficient (Wildman–Crippen LogP) is 4.84. The van der Waals surface area contributed by atoms with E-state index in [9.17, 15) is 9.59 Å². The molecule has 2 N–H and O–H groups in total. The Morgan fingerprint density at radius 2 is 1.37 bits per heavy atom. The van der Waals surface area contributed by atoms with Crippen LogP contribution in [0, 0.1) is 5.92 Å². The summed E-state index contributed by atoms with van der Waals surface area (Å²) in [6.07, 6.45) is 3.51. The lowest BCUT2D eigenvalue weighted by atomic mass is 9.72.